The van der Waals surface area contributed by atoms with Gasteiger partial charge in [-0.05, 0) is 29.6 Å². The fraction of sp³-hybridized carbons (Fsp3) is 0.118. The fourth-order valence-electron chi connectivity index (χ4n) is 2.51. The summed E-state index contributed by atoms with van der Waals surface area (Å²) in [5, 5.41) is 9.27. The van der Waals surface area contributed by atoms with E-state index in [2.05, 4.69) is 16.1 Å². The second-order valence-corrected chi connectivity index (χ2v) is 7.17. The number of aromatic nitrogens is 3. The van der Waals surface area contributed by atoms with Crippen LogP contribution in [0.5, 0.6) is 0 Å². The van der Waals surface area contributed by atoms with Crippen LogP contribution in [-0.4, -0.2) is 32.5 Å². The SMILES string of the molecule is CN(Cc1csc(-c2cccs2)n1)C(=O)c1cccc2ccnn12. The number of carbonyl (C=O) groups excluding carboxylic acids is 1. The van der Waals surface area contributed by atoms with E-state index in [1.807, 2.05) is 35.0 Å². The lowest BCUT2D eigenvalue weighted by atomic mass is 10.3. The lowest BCUT2D eigenvalue weighted by Gasteiger charge is -2.16. The molecule has 0 saturated heterocycles. The standard InChI is InChI=1S/C17H14N4OS2/c1-20(10-12-11-24-16(19-12)15-6-3-9-23-15)17(22)14-5-2-4-13-7-8-18-21(13)14/h2-9,11H,10H2,1H3. The third kappa shape index (κ3) is 2.72. The molecule has 0 saturated carbocycles. The summed E-state index contributed by atoms with van der Waals surface area (Å²) >= 11 is 3.27. The zero-order valence-electron chi connectivity index (χ0n) is 12.9. The van der Waals surface area contributed by atoms with Gasteiger partial charge < -0.3 is 4.90 Å². The molecule has 5 nitrogen and oxygen atoms in total. The summed E-state index contributed by atoms with van der Waals surface area (Å²) in [4.78, 5) is 20.2. The van der Waals surface area contributed by atoms with Gasteiger partial charge in [-0.2, -0.15) is 5.10 Å². The van der Waals surface area contributed by atoms with Crippen molar-refractivity contribution in [2.24, 2.45) is 0 Å². The van der Waals surface area contributed by atoms with Crippen LogP contribution in [0.25, 0.3) is 15.4 Å². The molecule has 0 bridgehead atoms. The third-order valence-corrected chi connectivity index (χ3v) is 5.60. The number of pyridine rings is 1. The molecule has 4 aromatic heterocycles. The first-order chi connectivity index (χ1) is 11.7. The molecule has 0 aliphatic carbocycles. The Kier molecular flexibility index (Phi) is 3.87. The van der Waals surface area contributed by atoms with E-state index in [0.717, 1.165) is 21.1 Å². The maximum Gasteiger partial charge on any atom is 0.272 e. The Morgan fingerprint density at radius 3 is 2.96 bits per heavy atom. The lowest BCUT2D eigenvalue weighted by Crippen LogP contribution is -2.28. The van der Waals surface area contributed by atoms with E-state index >= 15 is 0 Å². The van der Waals surface area contributed by atoms with Gasteiger partial charge in [0.05, 0.1) is 28.8 Å². The molecule has 4 rings (SSSR count). The first-order valence-electron chi connectivity index (χ1n) is 7.39. The Bertz CT molecular complexity index is 987. The molecule has 0 atom stereocenters. The maximum absolute atomic E-state index is 12.7. The van der Waals surface area contributed by atoms with Crippen molar-refractivity contribution in [3.8, 4) is 9.88 Å². The molecule has 0 aliphatic heterocycles. The average Bonchev–Trinajstić information content (AvgIpc) is 3.33. The fourth-order valence-corrected chi connectivity index (χ4v) is 4.14. The summed E-state index contributed by atoms with van der Waals surface area (Å²) in [6, 6.07) is 11.5. The normalized spacial score (nSPS) is 11.0. The summed E-state index contributed by atoms with van der Waals surface area (Å²) in [6.07, 6.45) is 1.69. The van der Waals surface area contributed by atoms with E-state index in [1.165, 1.54) is 0 Å². The molecule has 0 spiro atoms. The van der Waals surface area contributed by atoms with Crippen molar-refractivity contribution in [1.29, 1.82) is 0 Å². The Morgan fingerprint density at radius 2 is 2.12 bits per heavy atom. The maximum atomic E-state index is 12.7. The number of thiophene rings is 1. The topological polar surface area (TPSA) is 50.5 Å². The number of rotatable bonds is 4. The van der Waals surface area contributed by atoms with Crippen LogP contribution in [0.15, 0.2) is 53.4 Å². The van der Waals surface area contributed by atoms with Crippen LogP contribution in [0.1, 0.15) is 16.2 Å². The predicted molar refractivity (Wildman–Crippen MR) is 96.4 cm³/mol. The van der Waals surface area contributed by atoms with Gasteiger partial charge >= 0.3 is 0 Å². The number of hydrogen-bond acceptors (Lipinski definition) is 5. The van der Waals surface area contributed by atoms with Gasteiger partial charge in [-0.15, -0.1) is 22.7 Å². The van der Waals surface area contributed by atoms with E-state index < -0.39 is 0 Å². The smallest absolute Gasteiger partial charge is 0.272 e. The third-order valence-electron chi connectivity index (χ3n) is 3.67. The minimum Gasteiger partial charge on any atom is -0.334 e. The first-order valence-corrected chi connectivity index (χ1v) is 9.15. The van der Waals surface area contributed by atoms with Gasteiger partial charge in [0.15, 0.2) is 0 Å². The highest BCUT2D eigenvalue weighted by atomic mass is 32.1. The number of fused-ring (bicyclic) bond motifs is 1. The molecular formula is C17H14N4OS2. The predicted octanol–water partition coefficient (Wildman–Crippen LogP) is 3.79. The summed E-state index contributed by atoms with van der Waals surface area (Å²) < 4.78 is 1.66. The van der Waals surface area contributed by atoms with E-state index in [1.54, 1.807) is 51.4 Å². The Hall–Kier alpha value is -2.51. The van der Waals surface area contributed by atoms with Crippen LogP contribution in [0.3, 0.4) is 0 Å². The van der Waals surface area contributed by atoms with Crippen molar-refractivity contribution in [2.75, 3.05) is 7.05 Å². The zero-order valence-corrected chi connectivity index (χ0v) is 14.5. The summed E-state index contributed by atoms with van der Waals surface area (Å²) in [6.45, 7) is 0.471. The molecular weight excluding hydrogens is 340 g/mol. The van der Waals surface area contributed by atoms with E-state index in [-0.39, 0.29) is 5.91 Å². The molecule has 0 unspecified atom stereocenters. The molecule has 0 N–H and O–H groups in total. The number of hydrogen-bond donors (Lipinski definition) is 0. The van der Waals surface area contributed by atoms with Gasteiger partial charge in [0, 0.05) is 12.4 Å². The Labute approximate surface area is 146 Å². The van der Waals surface area contributed by atoms with E-state index in [4.69, 9.17) is 0 Å². The summed E-state index contributed by atoms with van der Waals surface area (Å²) in [5.41, 5.74) is 2.35. The molecule has 120 valence electrons. The van der Waals surface area contributed by atoms with Crippen LogP contribution >= 0.6 is 22.7 Å². The number of amides is 1. The van der Waals surface area contributed by atoms with Gasteiger partial charge in [0.2, 0.25) is 0 Å². The number of nitrogens with zero attached hydrogens (tertiary/aromatic N) is 4. The molecule has 4 aromatic rings. The molecule has 24 heavy (non-hydrogen) atoms. The largest absolute Gasteiger partial charge is 0.334 e. The minimum absolute atomic E-state index is 0.0741. The molecule has 7 heteroatoms. The second-order valence-electron chi connectivity index (χ2n) is 5.36. The molecule has 0 aromatic carbocycles. The van der Waals surface area contributed by atoms with Crippen molar-refractivity contribution >= 4 is 34.1 Å². The second kappa shape index (κ2) is 6.18. The highest BCUT2D eigenvalue weighted by molar-refractivity contribution is 7.20. The summed E-state index contributed by atoms with van der Waals surface area (Å²) in [5.74, 6) is -0.0741. The van der Waals surface area contributed by atoms with Crippen molar-refractivity contribution in [1.82, 2.24) is 19.5 Å². The van der Waals surface area contributed by atoms with Gasteiger partial charge in [-0.1, -0.05) is 12.1 Å². The number of thiazole rings is 1. The van der Waals surface area contributed by atoms with Crippen LogP contribution in [0.4, 0.5) is 0 Å². The zero-order chi connectivity index (χ0) is 16.5. The number of carbonyl (C=O) groups is 1. The monoisotopic (exact) mass is 354 g/mol. The van der Waals surface area contributed by atoms with Crippen LogP contribution in [0, 0.1) is 0 Å². The van der Waals surface area contributed by atoms with Gasteiger partial charge in [-0.25, -0.2) is 9.50 Å². The molecule has 4 heterocycles. The van der Waals surface area contributed by atoms with Crippen LogP contribution < -0.4 is 0 Å². The molecule has 0 radical (unpaired) electrons. The van der Waals surface area contributed by atoms with E-state index in [9.17, 15) is 4.79 Å². The highest BCUT2D eigenvalue weighted by Crippen LogP contribution is 2.28. The van der Waals surface area contributed by atoms with Crippen molar-refractivity contribution in [2.45, 2.75) is 6.54 Å². The Balaban J connectivity index is 1.55. The van der Waals surface area contributed by atoms with Gasteiger partial charge in [0.25, 0.3) is 5.91 Å². The molecule has 0 aliphatic rings. The van der Waals surface area contributed by atoms with Crippen LogP contribution in [-0.2, 0) is 6.54 Å². The minimum atomic E-state index is -0.0741. The summed E-state index contributed by atoms with van der Waals surface area (Å²) in [7, 11) is 1.79. The van der Waals surface area contributed by atoms with Crippen LogP contribution in [0.2, 0.25) is 0 Å². The van der Waals surface area contributed by atoms with Gasteiger partial charge in [-0.3, -0.25) is 4.79 Å². The quantitative estimate of drug-likeness (QED) is 0.560. The van der Waals surface area contributed by atoms with Crippen molar-refractivity contribution in [3.63, 3.8) is 0 Å². The lowest BCUT2D eigenvalue weighted by molar-refractivity contribution is 0.0775. The first kappa shape index (κ1) is 15.0. The van der Waals surface area contributed by atoms with Crippen molar-refractivity contribution < 1.29 is 4.79 Å². The van der Waals surface area contributed by atoms with Gasteiger partial charge in [0.1, 0.15) is 10.7 Å². The Morgan fingerprint density at radius 1 is 1.21 bits per heavy atom. The molecule has 1 amide bonds. The molecule has 0 fully saturated rings. The van der Waals surface area contributed by atoms with Crippen molar-refractivity contribution in [3.05, 3.63) is 64.7 Å². The van der Waals surface area contributed by atoms with E-state index in [0.29, 0.717) is 12.2 Å². The highest BCUT2D eigenvalue weighted by Gasteiger charge is 2.17. The average molecular weight is 354 g/mol.